The number of halogens is 1. The van der Waals surface area contributed by atoms with Gasteiger partial charge in [-0.05, 0) is 54.8 Å². The van der Waals surface area contributed by atoms with Crippen LogP contribution < -0.4 is 5.32 Å². The Balaban J connectivity index is 1.29. The lowest BCUT2D eigenvalue weighted by atomic mass is 10.0. The number of thiazole rings is 1. The maximum absolute atomic E-state index is 13.9. The van der Waals surface area contributed by atoms with Gasteiger partial charge in [-0.25, -0.2) is 9.97 Å². The Morgan fingerprint density at radius 2 is 1.85 bits per heavy atom. The minimum absolute atomic E-state index is 0.0714. The molecular formula is C29H24ClN5O3S. The monoisotopic (exact) mass is 557 g/mol. The quantitative estimate of drug-likeness (QED) is 0.339. The highest BCUT2D eigenvalue weighted by molar-refractivity contribution is 7.14. The topological polar surface area (TPSA) is 105 Å². The molecule has 196 valence electrons. The molecule has 1 aliphatic heterocycles. The Hall–Kier alpha value is -3.95. The van der Waals surface area contributed by atoms with Crippen LogP contribution in [0, 0.1) is 0 Å². The Morgan fingerprint density at radius 1 is 1.05 bits per heavy atom. The third-order valence-electron chi connectivity index (χ3n) is 6.85. The van der Waals surface area contributed by atoms with Crippen LogP contribution in [0.3, 0.4) is 0 Å². The van der Waals surface area contributed by atoms with E-state index in [0.29, 0.717) is 34.3 Å². The van der Waals surface area contributed by atoms with E-state index in [1.165, 1.54) is 11.3 Å². The number of amides is 2. The zero-order valence-electron chi connectivity index (χ0n) is 20.8. The van der Waals surface area contributed by atoms with Gasteiger partial charge in [-0.15, -0.1) is 11.3 Å². The molecule has 1 aromatic carbocycles. The Kier molecular flexibility index (Phi) is 6.93. The van der Waals surface area contributed by atoms with Crippen LogP contribution in [0.4, 0.5) is 5.82 Å². The summed E-state index contributed by atoms with van der Waals surface area (Å²) in [5, 5.41) is 3.91. The van der Waals surface area contributed by atoms with Crippen molar-refractivity contribution in [2.75, 3.05) is 5.32 Å². The van der Waals surface area contributed by atoms with E-state index in [4.69, 9.17) is 16.6 Å². The number of nitrogens with one attached hydrogen (secondary N) is 1. The molecule has 0 saturated heterocycles. The number of carbonyl (C=O) groups is 3. The van der Waals surface area contributed by atoms with Gasteiger partial charge >= 0.3 is 0 Å². The van der Waals surface area contributed by atoms with Crippen molar-refractivity contribution < 1.29 is 14.4 Å². The van der Waals surface area contributed by atoms with Gasteiger partial charge in [0.25, 0.3) is 11.8 Å². The predicted molar refractivity (Wildman–Crippen MR) is 148 cm³/mol. The van der Waals surface area contributed by atoms with Gasteiger partial charge in [-0.1, -0.05) is 29.8 Å². The van der Waals surface area contributed by atoms with Crippen LogP contribution in [0.15, 0.2) is 67.0 Å². The molecule has 2 aliphatic rings. The number of benzene rings is 1. The summed E-state index contributed by atoms with van der Waals surface area (Å²) in [7, 11) is 0. The largest absolute Gasteiger partial charge is 0.323 e. The number of hydrogen-bond donors (Lipinski definition) is 1. The van der Waals surface area contributed by atoms with Gasteiger partial charge in [0.05, 0.1) is 33.8 Å². The first-order valence-electron chi connectivity index (χ1n) is 12.7. The van der Waals surface area contributed by atoms with Crippen LogP contribution in [0.5, 0.6) is 0 Å². The molecule has 6 rings (SSSR count). The zero-order chi connectivity index (χ0) is 26.9. The number of anilines is 1. The number of carbonyl (C=O) groups excluding carboxylic acids is 3. The van der Waals surface area contributed by atoms with Crippen molar-refractivity contribution in [1.29, 1.82) is 0 Å². The minimum atomic E-state index is -0.705. The molecule has 0 bridgehead atoms. The summed E-state index contributed by atoms with van der Waals surface area (Å²) < 4.78 is 0. The van der Waals surface area contributed by atoms with Crippen molar-refractivity contribution in [2.45, 2.75) is 44.2 Å². The molecule has 3 aromatic heterocycles. The van der Waals surface area contributed by atoms with Crippen LogP contribution in [0.25, 0.3) is 0 Å². The second kappa shape index (κ2) is 10.7. The molecule has 1 saturated carbocycles. The summed E-state index contributed by atoms with van der Waals surface area (Å²) in [6.07, 6.45) is 5.82. The molecule has 1 N–H and O–H groups in total. The number of hydrogen-bond acceptors (Lipinski definition) is 7. The molecule has 39 heavy (non-hydrogen) atoms. The first-order chi connectivity index (χ1) is 19.0. The standard InChI is InChI=1S/C29H24ClN5O3S/c30-21-13-17(7-10-20(21)27(37)34-25-6-2-4-12-32-25)16-35-23(14-19-5-1-3-11-31-19)24(36)15-22-26(29(35)38)39-28(33-22)18-8-9-18/h1-7,10-13,18,23H,8-9,14-16H2,(H,32,34,37). The van der Waals surface area contributed by atoms with Crippen LogP contribution >= 0.6 is 22.9 Å². The zero-order valence-corrected chi connectivity index (χ0v) is 22.4. The van der Waals surface area contributed by atoms with Gasteiger partial charge in [-0.3, -0.25) is 19.4 Å². The van der Waals surface area contributed by atoms with Crippen molar-refractivity contribution in [3.05, 3.63) is 104 Å². The van der Waals surface area contributed by atoms with Crippen molar-refractivity contribution in [2.24, 2.45) is 0 Å². The van der Waals surface area contributed by atoms with Gasteiger partial charge < -0.3 is 10.2 Å². The SMILES string of the molecule is O=C(Nc1ccccn1)c1ccc(CN2C(=O)c3sc(C4CC4)nc3CC(=O)C2Cc2ccccn2)cc1Cl. The Morgan fingerprint density at radius 3 is 2.54 bits per heavy atom. The molecule has 1 fully saturated rings. The molecule has 2 amide bonds. The normalized spacial score (nSPS) is 17.1. The van der Waals surface area contributed by atoms with E-state index in [1.54, 1.807) is 53.7 Å². The maximum atomic E-state index is 13.9. The second-order valence-corrected chi connectivity index (χ2v) is 11.1. The Bertz CT molecular complexity index is 1560. The highest BCUT2D eigenvalue weighted by Gasteiger charge is 2.39. The summed E-state index contributed by atoms with van der Waals surface area (Å²) in [5.74, 6) is 0.138. The molecule has 4 heterocycles. The van der Waals surface area contributed by atoms with E-state index in [1.807, 2.05) is 18.2 Å². The Labute approximate surface area is 234 Å². The molecule has 1 atom stereocenters. The first kappa shape index (κ1) is 25.3. The molecule has 1 unspecified atom stereocenters. The van der Waals surface area contributed by atoms with Gasteiger partial charge in [0.1, 0.15) is 10.7 Å². The van der Waals surface area contributed by atoms with E-state index in [2.05, 4.69) is 15.3 Å². The van der Waals surface area contributed by atoms with Crippen molar-refractivity contribution >= 4 is 46.4 Å². The average Bonchev–Trinajstić information content (AvgIpc) is 3.72. The lowest BCUT2D eigenvalue weighted by Gasteiger charge is -2.29. The number of pyridine rings is 2. The molecule has 1 aliphatic carbocycles. The summed E-state index contributed by atoms with van der Waals surface area (Å²) in [6, 6.07) is 15.1. The highest BCUT2D eigenvalue weighted by atomic mass is 35.5. The lowest BCUT2D eigenvalue weighted by molar-refractivity contribution is -0.122. The second-order valence-electron chi connectivity index (χ2n) is 9.70. The molecule has 8 nitrogen and oxygen atoms in total. The van der Waals surface area contributed by atoms with E-state index < -0.39 is 6.04 Å². The molecule has 0 radical (unpaired) electrons. The van der Waals surface area contributed by atoms with E-state index >= 15 is 0 Å². The number of ketones is 1. The summed E-state index contributed by atoms with van der Waals surface area (Å²) >= 11 is 7.94. The fourth-order valence-electron chi connectivity index (χ4n) is 4.67. The van der Waals surface area contributed by atoms with Crippen molar-refractivity contribution in [1.82, 2.24) is 19.9 Å². The molecular weight excluding hydrogens is 534 g/mol. The minimum Gasteiger partial charge on any atom is -0.323 e. The first-order valence-corrected chi connectivity index (χ1v) is 13.9. The van der Waals surface area contributed by atoms with Crippen LogP contribution in [-0.4, -0.2) is 43.5 Å². The van der Waals surface area contributed by atoms with Gasteiger partial charge in [0.2, 0.25) is 0 Å². The number of Topliss-reactive ketones (excluding diaryl/α,β-unsaturated/α-hetero) is 1. The van der Waals surface area contributed by atoms with E-state index in [9.17, 15) is 14.4 Å². The number of nitrogens with zero attached hydrogens (tertiary/aromatic N) is 4. The third-order valence-corrected chi connectivity index (χ3v) is 8.41. The smallest absolute Gasteiger partial charge is 0.266 e. The van der Waals surface area contributed by atoms with E-state index in [0.717, 1.165) is 23.5 Å². The third kappa shape index (κ3) is 5.46. The summed E-state index contributed by atoms with van der Waals surface area (Å²) in [4.78, 5) is 55.6. The van der Waals surface area contributed by atoms with Crippen molar-refractivity contribution in [3.8, 4) is 0 Å². The summed E-state index contributed by atoms with van der Waals surface area (Å²) in [5.41, 5.74) is 2.29. The number of aromatic nitrogens is 3. The van der Waals surface area contributed by atoms with Gasteiger partial charge in [-0.2, -0.15) is 0 Å². The van der Waals surface area contributed by atoms with E-state index in [-0.39, 0.29) is 41.1 Å². The number of rotatable bonds is 7. The molecule has 10 heteroatoms. The van der Waals surface area contributed by atoms with Gasteiger partial charge in [0.15, 0.2) is 5.78 Å². The average molecular weight is 558 g/mol. The molecule has 0 spiro atoms. The predicted octanol–water partition coefficient (Wildman–Crippen LogP) is 5.10. The van der Waals surface area contributed by atoms with Crippen LogP contribution in [0.1, 0.15) is 60.7 Å². The molecule has 4 aromatic rings. The summed E-state index contributed by atoms with van der Waals surface area (Å²) in [6.45, 7) is 0.153. The maximum Gasteiger partial charge on any atom is 0.266 e. The lowest BCUT2D eigenvalue weighted by Crippen LogP contribution is -2.44. The fraction of sp³-hybridized carbons (Fsp3) is 0.241. The van der Waals surface area contributed by atoms with Crippen LogP contribution in [0.2, 0.25) is 5.02 Å². The highest BCUT2D eigenvalue weighted by Crippen LogP contribution is 2.43. The number of fused-ring (bicyclic) bond motifs is 1. The van der Waals surface area contributed by atoms with Gasteiger partial charge in [0, 0.05) is 37.0 Å². The van der Waals surface area contributed by atoms with Crippen LogP contribution in [-0.2, 0) is 24.2 Å². The van der Waals surface area contributed by atoms with Crippen molar-refractivity contribution in [3.63, 3.8) is 0 Å². The fourth-order valence-corrected chi connectivity index (χ4v) is 6.17.